The number of hydrogen-bond acceptors (Lipinski definition) is 3. The molecule has 2 aromatic rings. The van der Waals surface area contributed by atoms with Crippen LogP contribution in [0.2, 0.25) is 5.02 Å². The Balaban J connectivity index is 2.18. The average Bonchev–Trinajstić information content (AvgIpc) is 2.41. The van der Waals surface area contributed by atoms with Crippen LogP contribution in [0.3, 0.4) is 0 Å². The number of hydrogen-bond donors (Lipinski definition) is 2. The number of aromatic nitrogens is 1. The van der Waals surface area contributed by atoms with E-state index in [9.17, 15) is 4.79 Å². The molecule has 2 rings (SSSR count). The SMILES string of the molecule is CC(Nc1ccc(C(=O)O)cc1Cl)c1cccnc1. The molecule has 1 atom stereocenters. The summed E-state index contributed by atoms with van der Waals surface area (Å²) in [5.41, 5.74) is 1.90. The Bertz CT molecular complexity index is 587. The third-order valence-corrected chi connectivity index (χ3v) is 3.09. The van der Waals surface area contributed by atoms with E-state index < -0.39 is 5.97 Å². The highest BCUT2D eigenvalue weighted by Crippen LogP contribution is 2.27. The summed E-state index contributed by atoms with van der Waals surface area (Å²) < 4.78 is 0. The van der Waals surface area contributed by atoms with Crippen molar-refractivity contribution in [3.05, 3.63) is 58.9 Å². The maximum absolute atomic E-state index is 10.8. The van der Waals surface area contributed by atoms with Gasteiger partial charge in [-0.1, -0.05) is 17.7 Å². The number of rotatable bonds is 4. The highest BCUT2D eigenvalue weighted by atomic mass is 35.5. The van der Waals surface area contributed by atoms with Gasteiger partial charge in [-0.2, -0.15) is 0 Å². The Morgan fingerprint density at radius 3 is 2.79 bits per heavy atom. The van der Waals surface area contributed by atoms with Crippen LogP contribution in [0.15, 0.2) is 42.7 Å². The maximum Gasteiger partial charge on any atom is 0.335 e. The Labute approximate surface area is 116 Å². The Hall–Kier alpha value is -2.07. The molecule has 0 amide bonds. The summed E-state index contributed by atoms with van der Waals surface area (Å²) in [6, 6.07) is 8.47. The van der Waals surface area contributed by atoms with Crippen molar-refractivity contribution in [3.63, 3.8) is 0 Å². The van der Waals surface area contributed by atoms with Gasteiger partial charge in [-0.15, -0.1) is 0 Å². The van der Waals surface area contributed by atoms with Crippen LogP contribution in [0.1, 0.15) is 28.9 Å². The van der Waals surface area contributed by atoms with Gasteiger partial charge in [-0.25, -0.2) is 4.79 Å². The third kappa shape index (κ3) is 3.23. The van der Waals surface area contributed by atoms with Crippen molar-refractivity contribution in [2.24, 2.45) is 0 Å². The molecule has 1 heterocycles. The van der Waals surface area contributed by atoms with E-state index in [2.05, 4.69) is 10.3 Å². The lowest BCUT2D eigenvalue weighted by Crippen LogP contribution is -2.07. The standard InChI is InChI=1S/C14H13ClN2O2/c1-9(11-3-2-6-16-8-11)17-13-5-4-10(14(18)19)7-12(13)15/h2-9,17H,1H3,(H,18,19). The van der Waals surface area contributed by atoms with Crippen molar-refractivity contribution in [2.45, 2.75) is 13.0 Å². The topological polar surface area (TPSA) is 62.2 Å². The van der Waals surface area contributed by atoms with Crippen LogP contribution >= 0.6 is 11.6 Å². The second kappa shape index (κ2) is 5.71. The van der Waals surface area contributed by atoms with Crippen molar-refractivity contribution in [3.8, 4) is 0 Å². The molecule has 4 nitrogen and oxygen atoms in total. The van der Waals surface area contributed by atoms with Gasteiger partial charge in [-0.05, 0) is 36.8 Å². The minimum absolute atomic E-state index is 0.0295. The normalized spacial score (nSPS) is 11.9. The number of aromatic carboxylic acids is 1. The first kappa shape index (κ1) is 13.4. The Morgan fingerprint density at radius 2 is 2.21 bits per heavy atom. The molecule has 0 saturated carbocycles. The van der Waals surface area contributed by atoms with Gasteiger partial charge < -0.3 is 10.4 Å². The smallest absolute Gasteiger partial charge is 0.335 e. The number of carbonyl (C=O) groups is 1. The lowest BCUT2D eigenvalue weighted by atomic mass is 10.1. The number of carboxylic acids is 1. The first-order valence-electron chi connectivity index (χ1n) is 5.77. The maximum atomic E-state index is 10.8. The summed E-state index contributed by atoms with van der Waals surface area (Å²) >= 11 is 6.06. The Morgan fingerprint density at radius 1 is 1.42 bits per heavy atom. The van der Waals surface area contributed by atoms with Crippen molar-refractivity contribution >= 4 is 23.3 Å². The minimum atomic E-state index is -0.992. The number of pyridine rings is 1. The zero-order valence-corrected chi connectivity index (χ0v) is 11.1. The predicted molar refractivity (Wildman–Crippen MR) is 74.7 cm³/mol. The number of benzene rings is 1. The largest absolute Gasteiger partial charge is 0.478 e. The molecular formula is C14H13ClN2O2. The predicted octanol–water partition coefficient (Wildman–Crippen LogP) is 3.61. The van der Waals surface area contributed by atoms with E-state index in [0.29, 0.717) is 10.7 Å². The number of halogens is 1. The molecule has 1 aromatic carbocycles. The van der Waals surface area contributed by atoms with Crippen LogP contribution in [-0.4, -0.2) is 16.1 Å². The molecule has 0 aliphatic rings. The quantitative estimate of drug-likeness (QED) is 0.895. The van der Waals surface area contributed by atoms with Gasteiger partial charge in [0, 0.05) is 12.4 Å². The summed E-state index contributed by atoms with van der Waals surface area (Å²) in [7, 11) is 0. The second-order valence-corrected chi connectivity index (χ2v) is 4.56. The van der Waals surface area contributed by atoms with Crippen LogP contribution < -0.4 is 5.32 Å². The summed E-state index contributed by atoms with van der Waals surface area (Å²) in [4.78, 5) is 14.9. The van der Waals surface area contributed by atoms with Gasteiger partial charge >= 0.3 is 5.97 Å². The molecule has 1 aromatic heterocycles. The molecule has 98 valence electrons. The van der Waals surface area contributed by atoms with E-state index in [1.807, 2.05) is 19.1 Å². The van der Waals surface area contributed by atoms with Gasteiger partial charge in [0.1, 0.15) is 0 Å². The molecule has 0 spiro atoms. The van der Waals surface area contributed by atoms with E-state index >= 15 is 0 Å². The number of nitrogens with one attached hydrogen (secondary N) is 1. The van der Waals surface area contributed by atoms with Crippen molar-refractivity contribution in [1.82, 2.24) is 4.98 Å². The lowest BCUT2D eigenvalue weighted by molar-refractivity contribution is 0.0697. The molecule has 5 heteroatoms. The van der Waals surface area contributed by atoms with Gasteiger partial charge in [0.2, 0.25) is 0 Å². The highest BCUT2D eigenvalue weighted by Gasteiger charge is 2.10. The Kier molecular flexibility index (Phi) is 4.02. The molecule has 0 saturated heterocycles. The molecule has 19 heavy (non-hydrogen) atoms. The zero-order valence-electron chi connectivity index (χ0n) is 10.3. The zero-order chi connectivity index (χ0) is 13.8. The molecule has 1 unspecified atom stereocenters. The van der Waals surface area contributed by atoms with E-state index in [0.717, 1.165) is 5.56 Å². The van der Waals surface area contributed by atoms with Crippen molar-refractivity contribution < 1.29 is 9.90 Å². The van der Waals surface area contributed by atoms with E-state index in [1.165, 1.54) is 12.1 Å². The van der Waals surface area contributed by atoms with Crippen molar-refractivity contribution in [1.29, 1.82) is 0 Å². The van der Waals surface area contributed by atoms with Gasteiger partial charge in [0.15, 0.2) is 0 Å². The molecule has 0 bridgehead atoms. The molecule has 0 fully saturated rings. The molecular weight excluding hydrogens is 264 g/mol. The summed E-state index contributed by atoms with van der Waals surface area (Å²) in [6.45, 7) is 1.98. The second-order valence-electron chi connectivity index (χ2n) is 4.15. The monoisotopic (exact) mass is 276 g/mol. The van der Waals surface area contributed by atoms with E-state index in [1.54, 1.807) is 18.5 Å². The van der Waals surface area contributed by atoms with Gasteiger partial charge in [0.25, 0.3) is 0 Å². The number of carboxylic acid groups (broad SMARTS) is 1. The number of nitrogens with zero attached hydrogens (tertiary/aromatic N) is 1. The fourth-order valence-electron chi connectivity index (χ4n) is 1.71. The highest BCUT2D eigenvalue weighted by molar-refractivity contribution is 6.33. The van der Waals surface area contributed by atoms with E-state index in [4.69, 9.17) is 16.7 Å². The molecule has 0 radical (unpaired) electrons. The summed E-state index contributed by atoms with van der Waals surface area (Å²) in [6.07, 6.45) is 3.49. The average molecular weight is 277 g/mol. The van der Waals surface area contributed by atoms with Gasteiger partial charge in [0.05, 0.1) is 22.3 Å². The first-order valence-corrected chi connectivity index (χ1v) is 6.15. The lowest BCUT2D eigenvalue weighted by Gasteiger charge is -2.16. The number of anilines is 1. The first-order chi connectivity index (χ1) is 9.08. The van der Waals surface area contributed by atoms with Crippen molar-refractivity contribution in [2.75, 3.05) is 5.32 Å². The molecule has 0 aliphatic carbocycles. The van der Waals surface area contributed by atoms with Crippen LogP contribution in [-0.2, 0) is 0 Å². The van der Waals surface area contributed by atoms with Gasteiger partial charge in [-0.3, -0.25) is 4.98 Å². The van der Waals surface area contributed by atoms with Crippen LogP contribution in [0, 0.1) is 0 Å². The third-order valence-electron chi connectivity index (χ3n) is 2.77. The fraction of sp³-hybridized carbons (Fsp3) is 0.143. The fourth-order valence-corrected chi connectivity index (χ4v) is 1.95. The van der Waals surface area contributed by atoms with Crippen LogP contribution in [0.4, 0.5) is 5.69 Å². The molecule has 2 N–H and O–H groups in total. The minimum Gasteiger partial charge on any atom is -0.478 e. The van der Waals surface area contributed by atoms with Crippen LogP contribution in [0.25, 0.3) is 0 Å². The summed E-state index contributed by atoms with van der Waals surface area (Å²) in [5, 5.41) is 12.5. The summed E-state index contributed by atoms with van der Waals surface area (Å²) in [5.74, 6) is -0.992. The van der Waals surface area contributed by atoms with Crippen LogP contribution in [0.5, 0.6) is 0 Å². The van der Waals surface area contributed by atoms with E-state index in [-0.39, 0.29) is 11.6 Å². The molecule has 0 aliphatic heterocycles.